The van der Waals surface area contributed by atoms with Crippen LogP contribution in [0.25, 0.3) is 0 Å². The maximum Gasteiger partial charge on any atom is 0.131 e. The van der Waals surface area contributed by atoms with Crippen molar-refractivity contribution < 1.29 is 8.78 Å². The minimum atomic E-state index is -0.270. The second-order valence-electron chi connectivity index (χ2n) is 3.91. The summed E-state index contributed by atoms with van der Waals surface area (Å²) in [4.78, 5) is 0. The molecule has 76 valence electrons. The SMILES string of the molecule is Cc1cc(F)c2c(c1F)CNCC2C. The lowest BCUT2D eigenvalue weighted by atomic mass is 9.90. The molecular formula is C11H13F2N. The first-order chi connectivity index (χ1) is 6.61. The third kappa shape index (κ3) is 1.32. The van der Waals surface area contributed by atoms with Gasteiger partial charge in [0.25, 0.3) is 0 Å². The van der Waals surface area contributed by atoms with Gasteiger partial charge in [0.05, 0.1) is 0 Å². The van der Waals surface area contributed by atoms with Gasteiger partial charge in [-0.15, -0.1) is 0 Å². The first kappa shape index (κ1) is 9.59. The van der Waals surface area contributed by atoms with E-state index in [0.29, 0.717) is 29.8 Å². The number of aryl methyl sites for hydroxylation is 1. The molecule has 0 aromatic heterocycles. The van der Waals surface area contributed by atoms with E-state index in [1.807, 2.05) is 6.92 Å². The van der Waals surface area contributed by atoms with E-state index in [1.54, 1.807) is 6.92 Å². The molecule has 0 radical (unpaired) electrons. The summed E-state index contributed by atoms with van der Waals surface area (Å²) in [5.74, 6) is -0.484. The van der Waals surface area contributed by atoms with Gasteiger partial charge in [0.1, 0.15) is 11.6 Å². The molecule has 1 unspecified atom stereocenters. The minimum absolute atomic E-state index is 0.0499. The summed E-state index contributed by atoms with van der Waals surface area (Å²) in [6.45, 7) is 4.65. The van der Waals surface area contributed by atoms with Crippen molar-refractivity contribution in [1.82, 2.24) is 5.32 Å². The smallest absolute Gasteiger partial charge is 0.131 e. The van der Waals surface area contributed by atoms with Crippen molar-refractivity contribution in [2.75, 3.05) is 6.54 Å². The third-order valence-electron chi connectivity index (χ3n) is 2.78. The maximum absolute atomic E-state index is 13.6. The average Bonchev–Trinajstić information content (AvgIpc) is 2.14. The Kier molecular flexibility index (Phi) is 2.27. The number of nitrogens with one attached hydrogen (secondary N) is 1. The van der Waals surface area contributed by atoms with Crippen molar-refractivity contribution in [3.8, 4) is 0 Å². The van der Waals surface area contributed by atoms with Crippen LogP contribution in [0.1, 0.15) is 29.5 Å². The van der Waals surface area contributed by atoms with Gasteiger partial charge in [-0.05, 0) is 30.0 Å². The first-order valence-electron chi connectivity index (χ1n) is 4.79. The fourth-order valence-electron chi connectivity index (χ4n) is 2.05. The lowest BCUT2D eigenvalue weighted by molar-refractivity contribution is 0.490. The molecule has 3 heteroatoms. The second-order valence-corrected chi connectivity index (χ2v) is 3.91. The van der Waals surface area contributed by atoms with Crippen LogP contribution in [-0.2, 0) is 6.54 Å². The van der Waals surface area contributed by atoms with Crippen LogP contribution in [0.15, 0.2) is 6.07 Å². The molecule has 1 nitrogen and oxygen atoms in total. The van der Waals surface area contributed by atoms with E-state index in [9.17, 15) is 8.78 Å². The highest BCUT2D eigenvalue weighted by Gasteiger charge is 2.24. The van der Waals surface area contributed by atoms with E-state index in [0.717, 1.165) is 0 Å². The number of benzene rings is 1. The highest BCUT2D eigenvalue weighted by atomic mass is 19.1. The molecule has 1 aromatic carbocycles. The van der Waals surface area contributed by atoms with Crippen molar-refractivity contribution in [3.05, 3.63) is 34.4 Å². The van der Waals surface area contributed by atoms with Crippen LogP contribution in [0.4, 0.5) is 8.78 Å². The highest BCUT2D eigenvalue weighted by Crippen LogP contribution is 2.29. The van der Waals surface area contributed by atoms with Gasteiger partial charge in [0.2, 0.25) is 0 Å². The van der Waals surface area contributed by atoms with Crippen LogP contribution in [-0.4, -0.2) is 6.54 Å². The lowest BCUT2D eigenvalue weighted by Crippen LogP contribution is -2.29. The number of halogens is 2. The Morgan fingerprint density at radius 2 is 2.14 bits per heavy atom. The predicted octanol–water partition coefficient (Wildman–Crippen LogP) is 2.48. The second kappa shape index (κ2) is 3.31. The van der Waals surface area contributed by atoms with Crippen LogP contribution < -0.4 is 5.32 Å². The zero-order valence-electron chi connectivity index (χ0n) is 8.32. The largest absolute Gasteiger partial charge is 0.312 e. The van der Waals surface area contributed by atoms with Crippen LogP contribution >= 0.6 is 0 Å². The van der Waals surface area contributed by atoms with E-state index < -0.39 is 0 Å². The Morgan fingerprint density at radius 3 is 2.86 bits per heavy atom. The zero-order chi connectivity index (χ0) is 10.3. The van der Waals surface area contributed by atoms with Crippen molar-refractivity contribution >= 4 is 0 Å². The molecule has 0 spiro atoms. The number of fused-ring (bicyclic) bond motifs is 1. The molecule has 1 heterocycles. The standard InChI is InChI=1S/C11H13F2N/c1-6-3-9(12)10-7(2)4-14-5-8(10)11(6)13/h3,7,14H,4-5H2,1-2H3. The first-order valence-corrected chi connectivity index (χ1v) is 4.79. The van der Waals surface area contributed by atoms with Crippen LogP contribution in [0.2, 0.25) is 0 Å². The molecule has 0 saturated heterocycles. The van der Waals surface area contributed by atoms with E-state index in [2.05, 4.69) is 5.32 Å². The Morgan fingerprint density at radius 1 is 1.43 bits per heavy atom. The Hall–Kier alpha value is -0.960. The van der Waals surface area contributed by atoms with Gasteiger partial charge in [0.15, 0.2) is 0 Å². The Labute approximate surface area is 82.1 Å². The van der Waals surface area contributed by atoms with Crippen molar-refractivity contribution in [2.24, 2.45) is 0 Å². The zero-order valence-corrected chi connectivity index (χ0v) is 8.32. The predicted molar refractivity (Wildman–Crippen MR) is 51.2 cm³/mol. The summed E-state index contributed by atoms with van der Waals surface area (Å²) >= 11 is 0. The van der Waals surface area contributed by atoms with Crippen molar-refractivity contribution in [3.63, 3.8) is 0 Å². The van der Waals surface area contributed by atoms with Crippen LogP contribution in [0.5, 0.6) is 0 Å². The molecule has 1 aliphatic heterocycles. The molecular weight excluding hydrogens is 184 g/mol. The summed E-state index contributed by atoms with van der Waals surface area (Å²) < 4.78 is 27.2. The summed E-state index contributed by atoms with van der Waals surface area (Å²) in [7, 11) is 0. The fourth-order valence-corrected chi connectivity index (χ4v) is 2.05. The Bertz CT molecular complexity index is 374. The maximum atomic E-state index is 13.6. The molecule has 14 heavy (non-hydrogen) atoms. The topological polar surface area (TPSA) is 12.0 Å². The molecule has 0 amide bonds. The minimum Gasteiger partial charge on any atom is -0.312 e. The van der Waals surface area contributed by atoms with Crippen LogP contribution in [0.3, 0.4) is 0 Å². The van der Waals surface area contributed by atoms with E-state index >= 15 is 0 Å². The molecule has 1 N–H and O–H groups in total. The highest BCUT2D eigenvalue weighted by molar-refractivity contribution is 5.38. The Balaban J connectivity index is 2.66. The molecule has 1 aromatic rings. The molecule has 1 atom stereocenters. The van der Waals surface area contributed by atoms with Crippen molar-refractivity contribution in [1.29, 1.82) is 0 Å². The van der Waals surface area contributed by atoms with E-state index in [4.69, 9.17) is 0 Å². The van der Waals surface area contributed by atoms with Gasteiger partial charge in [-0.25, -0.2) is 8.78 Å². The average molecular weight is 197 g/mol. The van der Waals surface area contributed by atoms with Crippen LogP contribution in [0, 0.1) is 18.6 Å². The normalized spacial score (nSPS) is 20.7. The quantitative estimate of drug-likeness (QED) is 0.673. The summed E-state index contributed by atoms with van der Waals surface area (Å²) in [6, 6.07) is 1.29. The van der Waals surface area contributed by atoms with E-state index in [-0.39, 0.29) is 17.6 Å². The van der Waals surface area contributed by atoms with E-state index in [1.165, 1.54) is 6.07 Å². The van der Waals surface area contributed by atoms with Gasteiger partial charge in [-0.1, -0.05) is 6.92 Å². The van der Waals surface area contributed by atoms with Gasteiger partial charge in [-0.3, -0.25) is 0 Å². The third-order valence-corrected chi connectivity index (χ3v) is 2.78. The molecule has 1 aliphatic rings. The van der Waals surface area contributed by atoms with Gasteiger partial charge in [-0.2, -0.15) is 0 Å². The number of hydrogen-bond donors (Lipinski definition) is 1. The van der Waals surface area contributed by atoms with Gasteiger partial charge in [0, 0.05) is 18.7 Å². The fraction of sp³-hybridized carbons (Fsp3) is 0.455. The van der Waals surface area contributed by atoms with Crippen molar-refractivity contribution in [2.45, 2.75) is 26.3 Å². The molecule has 0 aliphatic carbocycles. The molecule has 0 bridgehead atoms. The number of rotatable bonds is 0. The van der Waals surface area contributed by atoms with Gasteiger partial charge >= 0.3 is 0 Å². The monoisotopic (exact) mass is 197 g/mol. The summed E-state index contributed by atoms with van der Waals surface area (Å²) in [5, 5.41) is 3.08. The molecule has 0 saturated carbocycles. The number of hydrogen-bond acceptors (Lipinski definition) is 1. The summed E-state index contributed by atoms with van der Waals surface area (Å²) in [5.41, 5.74) is 1.44. The van der Waals surface area contributed by atoms with Gasteiger partial charge < -0.3 is 5.32 Å². The molecule has 2 rings (SSSR count). The summed E-state index contributed by atoms with van der Waals surface area (Å²) in [6.07, 6.45) is 0. The lowest BCUT2D eigenvalue weighted by Gasteiger charge is -2.25. The molecule has 0 fully saturated rings.